The van der Waals surface area contributed by atoms with Gasteiger partial charge in [0.2, 0.25) is 0 Å². The van der Waals surface area contributed by atoms with Gasteiger partial charge >= 0.3 is 0 Å². The van der Waals surface area contributed by atoms with Crippen LogP contribution in [0.25, 0.3) is 10.9 Å². The van der Waals surface area contributed by atoms with Gasteiger partial charge in [0.1, 0.15) is 0 Å². The summed E-state index contributed by atoms with van der Waals surface area (Å²) in [5.41, 5.74) is 7.76. The van der Waals surface area contributed by atoms with E-state index in [1.54, 1.807) is 12.1 Å². The van der Waals surface area contributed by atoms with E-state index in [4.69, 9.17) is 5.73 Å². The zero-order valence-corrected chi connectivity index (χ0v) is 8.93. The van der Waals surface area contributed by atoms with Gasteiger partial charge in [-0.3, -0.25) is 10.1 Å². The Morgan fingerprint density at radius 3 is 2.94 bits per heavy atom. The van der Waals surface area contributed by atoms with Crippen LogP contribution < -0.4 is 5.73 Å². The maximum Gasteiger partial charge on any atom is 0.270 e. The molecule has 16 heavy (non-hydrogen) atoms. The van der Waals surface area contributed by atoms with Gasteiger partial charge in [-0.1, -0.05) is 0 Å². The number of hydrogen-bond acceptors (Lipinski definition) is 3. The Morgan fingerprint density at radius 1 is 1.56 bits per heavy atom. The van der Waals surface area contributed by atoms with Crippen molar-refractivity contribution in [1.82, 2.24) is 4.98 Å². The van der Waals surface area contributed by atoms with Crippen molar-refractivity contribution >= 4 is 16.6 Å². The van der Waals surface area contributed by atoms with Gasteiger partial charge in [0.05, 0.1) is 4.92 Å². The van der Waals surface area contributed by atoms with Crippen LogP contribution in [0.4, 0.5) is 5.69 Å². The summed E-state index contributed by atoms with van der Waals surface area (Å²) in [5.74, 6) is 0. The molecule has 0 fully saturated rings. The number of aromatic amines is 1. The molecule has 1 heterocycles. The SMILES string of the molecule is CC(N)Cc1c[nH]c2ccc([N+](=O)[O-])cc12. The van der Waals surface area contributed by atoms with Crippen molar-refractivity contribution in [1.29, 1.82) is 0 Å². The number of fused-ring (bicyclic) bond motifs is 1. The van der Waals surface area contributed by atoms with Gasteiger partial charge in [-0.2, -0.15) is 0 Å². The maximum atomic E-state index is 10.7. The van der Waals surface area contributed by atoms with E-state index in [-0.39, 0.29) is 16.7 Å². The molecule has 0 spiro atoms. The second-order valence-electron chi connectivity index (χ2n) is 3.98. The Hall–Kier alpha value is -1.88. The number of H-pyrrole nitrogens is 1. The first-order chi connectivity index (χ1) is 7.58. The molecule has 0 aliphatic heterocycles. The lowest BCUT2D eigenvalue weighted by atomic mass is 10.1. The lowest BCUT2D eigenvalue weighted by Crippen LogP contribution is -2.17. The number of nitro benzene ring substituents is 1. The number of nitrogens with one attached hydrogen (secondary N) is 1. The summed E-state index contributed by atoms with van der Waals surface area (Å²) in [6.45, 7) is 1.91. The van der Waals surface area contributed by atoms with Crippen LogP contribution in [0.1, 0.15) is 12.5 Å². The maximum absolute atomic E-state index is 10.7. The topological polar surface area (TPSA) is 85.0 Å². The highest BCUT2D eigenvalue weighted by Gasteiger charge is 2.11. The molecule has 0 amide bonds. The highest BCUT2D eigenvalue weighted by atomic mass is 16.6. The second kappa shape index (κ2) is 3.94. The normalized spacial score (nSPS) is 12.9. The highest BCUT2D eigenvalue weighted by molar-refractivity contribution is 5.85. The average Bonchev–Trinajstić information content (AvgIpc) is 2.60. The Balaban J connectivity index is 2.51. The molecule has 0 saturated carbocycles. The van der Waals surface area contributed by atoms with Crippen LogP contribution in [-0.4, -0.2) is 15.9 Å². The van der Waals surface area contributed by atoms with Crippen LogP contribution >= 0.6 is 0 Å². The number of non-ortho nitro benzene ring substituents is 1. The molecule has 0 aliphatic carbocycles. The smallest absolute Gasteiger partial charge is 0.270 e. The quantitative estimate of drug-likeness (QED) is 0.611. The van der Waals surface area contributed by atoms with Crippen LogP contribution in [0.15, 0.2) is 24.4 Å². The summed E-state index contributed by atoms with van der Waals surface area (Å²) in [7, 11) is 0. The molecule has 0 bridgehead atoms. The number of nitrogens with two attached hydrogens (primary N) is 1. The van der Waals surface area contributed by atoms with Crippen LogP contribution in [0.5, 0.6) is 0 Å². The predicted molar refractivity (Wildman–Crippen MR) is 62.3 cm³/mol. The van der Waals surface area contributed by atoms with Gasteiger partial charge in [-0.25, -0.2) is 0 Å². The van der Waals surface area contributed by atoms with Crippen molar-refractivity contribution in [3.8, 4) is 0 Å². The molecular formula is C11H13N3O2. The molecule has 3 N–H and O–H groups in total. The molecular weight excluding hydrogens is 206 g/mol. The van der Waals surface area contributed by atoms with Gasteiger partial charge in [0.25, 0.3) is 5.69 Å². The molecule has 1 aromatic heterocycles. The molecule has 5 nitrogen and oxygen atoms in total. The first-order valence-electron chi connectivity index (χ1n) is 5.08. The molecule has 0 saturated heterocycles. The lowest BCUT2D eigenvalue weighted by Gasteiger charge is -2.02. The molecule has 1 aromatic carbocycles. The lowest BCUT2D eigenvalue weighted by molar-refractivity contribution is -0.384. The van der Waals surface area contributed by atoms with E-state index in [1.165, 1.54) is 6.07 Å². The number of hydrogen-bond donors (Lipinski definition) is 2. The molecule has 1 unspecified atom stereocenters. The summed E-state index contributed by atoms with van der Waals surface area (Å²) < 4.78 is 0. The van der Waals surface area contributed by atoms with Gasteiger partial charge in [0.15, 0.2) is 0 Å². The predicted octanol–water partition coefficient (Wildman–Crippen LogP) is 1.97. The van der Waals surface area contributed by atoms with Crippen LogP contribution in [0.3, 0.4) is 0 Å². The van der Waals surface area contributed by atoms with Crippen LogP contribution in [-0.2, 0) is 6.42 Å². The second-order valence-corrected chi connectivity index (χ2v) is 3.98. The Bertz CT molecular complexity index is 531. The number of nitro groups is 1. The van der Waals surface area contributed by atoms with Gasteiger partial charge < -0.3 is 10.7 Å². The van der Waals surface area contributed by atoms with Crippen LogP contribution in [0, 0.1) is 10.1 Å². The highest BCUT2D eigenvalue weighted by Crippen LogP contribution is 2.24. The number of rotatable bonds is 3. The zero-order chi connectivity index (χ0) is 11.7. The van der Waals surface area contributed by atoms with E-state index in [0.717, 1.165) is 16.5 Å². The van der Waals surface area contributed by atoms with Gasteiger partial charge in [-0.15, -0.1) is 0 Å². The van der Waals surface area contributed by atoms with E-state index in [0.29, 0.717) is 6.42 Å². The molecule has 2 aromatic rings. The molecule has 5 heteroatoms. The van der Waals surface area contributed by atoms with Crippen molar-refractivity contribution in [2.24, 2.45) is 5.73 Å². The minimum Gasteiger partial charge on any atom is -0.361 e. The van der Waals surface area contributed by atoms with E-state index < -0.39 is 0 Å². The van der Waals surface area contributed by atoms with Crippen molar-refractivity contribution < 1.29 is 4.92 Å². The largest absolute Gasteiger partial charge is 0.361 e. The summed E-state index contributed by atoms with van der Waals surface area (Å²) in [6.07, 6.45) is 2.57. The molecule has 1 atom stereocenters. The molecule has 84 valence electrons. The standard InChI is InChI=1S/C11H13N3O2/c1-7(12)4-8-6-13-11-3-2-9(14(15)16)5-10(8)11/h2-3,5-7,13H,4,12H2,1H3. The third-order valence-electron chi connectivity index (χ3n) is 2.50. The third-order valence-corrected chi connectivity index (χ3v) is 2.50. The number of aromatic nitrogens is 1. The van der Waals surface area contributed by atoms with E-state index in [2.05, 4.69) is 4.98 Å². The Kier molecular flexibility index (Phi) is 2.62. The van der Waals surface area contributed by atoms with Crippen molar-refractivity contribution in [2.45, 2.75) is 19.4 Å². The summed E-state index contributed by atoms with van der Waals surface area (Å²) in [5, 5.41) is 11.6. The molecule has 2 rings (SSSR count). The summed E-state index contributed by atoms with van der Waals surface area (Å²) >= 11 is 0. The molecule has 0 aliphatic rings. The number of nitrogens with zero attached hydrogens (tertiary/aromatic N) is 1. The first-order valence-corrected chi connectivity index (χ1v) is 5.08. The summed E-state index contributed by atoms with van der Waals surface area (Å²) in [4.78, 5) is 13.4. The molecule has 0 radical (unpaired) electrons. The monoisotopic (exact) mass is 219 g/mol. The fraction of sp³-hybridized carbons (Fsp3) is 0.273. The first kappa shape index (κ1) is 10.6. The Labute approximate surface area is 92.4 Å². The average molecular weight is 219 g/mol. The fourth-order valence-corrected chi connectivity index (χ4v) is 1.80. The van der Waals surface area contributed by atoms with Gasteiger partial charge in [0, 0.05) is 35.3 Å². The van der Waals surface area contributed by atoms with E-state index >= 15 is 0 Å². The number of benzene rings is 1. The minimum absolute atomic E-state index is 0.0401. The van der Waals surface area contributed by atoms with Crippen molar-refractivity contribution in [3.63, 3.8) is 0 Å². The van der Waals surface area contributed by atoms with Crippen LogP contribution in [0.2, 0.25) is 0 Å². The third kappa shape index (κ3) is 1.90. The van der Waals surface area contributed by atoms with E-state index in [9.17, 15) is 10.1 Å². The summed E-state index contributed by atoms with van der Waals surface area (Å²) in [6, 6.07) is 4.84. The zero-order valence-electron chi connectivity index (χ0n) is 8.93. The van der Waals surface area contributed by atoms with Crippen molar-refractivity contribution in [2.75, 3.05) is 0 Å². The van der Waals surface area contributed by atoms with Crippen molar-refractivity contribution in [3.05, 3.63) is 40.1 Å². The van der Waals surface area contributed by atoms with E-state index in [1.807, 2.05) is 13.1 Å². The fourth-order valence-electron chi connectivity index (χ4n) is 1.80. The minimum atomic E-state index is -0.387. The Morgan fingerprint density at radius 2 is 2.31 bits per heavy atom. The van der Waals surface area contributed by atoms with Gasteiger partial charge in [-0.05, 0) is 25.0 Å².